The summed E-state index contributed by atoms with van der Waals surface area (Å²) in [7, 11) is 1.81. The molecule has 0 aromatic heterocycles. The van der Waals surface area contributed by atoms with Crippen molar-refractivity contribution >= 4 is 16.9 Å². The van der Waals surface area contributed by atoms with E-state index in [0.717, 1.165) is 43.2 Å². The molecule has 1 saturated heterocycles. The average Bonchev–Trinajstić information content (AvgIpc) is 2.48. The summed E-state index contributed by atoms with van der Waals surface area (Å²) in [6.07, 6.45) is 7.22. The maximum Gasteiger partial charge on any atom is 0.164 e. The van der Waals surface area contributed by atoms with E-state index in [1.807, 2.05) is 7.11 Å². The quantitative estimate of drug-likeness (QED) is 0.841. The van der Waals surface area contributed by atoms with Gasteiger partial charge in [-0.2, -0.15) is 0 Å². The van der Waals surface area contributed by atoms with E-state index in [0.29, 0.717) is 6.04 Å². The minimum atomic E-state index is 0.0390. The van der Waals surface area contributed by atoms with Gasteiger partial charge in [0, 0.05) is 19.2 Å². The van der Waals surface area contributed by atoms with Crippen LogP contribution in [0.3, 0.4) is 0 Å². The lowest BCUT2D eigenvalue weighted by Gasteiger charge is -2.50. The van der Waals surface area contributed by atoms with Gasteiger partial charge in [0.25, 0.3) is 0 Å². The minimum absolute atomic E-state index is 0.0390. The zero-order chi connectivity index (χ0) is 13.5. The van der Waals surface area contributed by atoms with Crippen molar-refractivity contribution in [2.75, 3.05) is 20.2 Å². The molecule has 104 valence electrons. The van der Waals surface area contributed by atoms with Gasteiger partial charge in [-0.15, -0.1) is 0 Å². The summed E-state index contributed by atoms with van der Waals surface area (Å²) in [6, 6.07) is 0.364. The number of thioether (sulfide) groups is 1. The molecule has 0 radical (unpaired) electrons. The molecule has 2 N–H and O–H groups in total. The number of aliphatic imine (C=N–C) groups is 1. The summed E-state index contributed by atoms with van der Waals surface area (Å²) >= 11 is 1.77. The highest BCUT2D eigenvalue weighted by molar-refractivity contribution is 8.17. The standard InChI is InChI=1S/C14H21N3OS/c1-3-14(18-2)8-17(9-14)13-16-11-5-4-10(15)6-12(7-11)19-13/h4,6,11H,3,5,7-9,15H2,1-2H3. The van der Waals surface area contributed by atoms with Crippen molar-refractivity contribution in [3.8, 4) is 0 Å². The highest BCUT2D eigenvalue weighted by atomic mass is 32.2. The van der Waals surface area contributed by atoms with Crippen LogP contribution < -0.4 is 5.73 Å². The van der Waals surface area contributed by atoms with Crippen LogP contribution in [0.4, 0.5) is 0 Å². The molecule has 0 aromatic rings. The third-order valence-electron chi connectivity index (χ3n) is 4.21. The van der Waals surface area contributed by atoms with Crippen LogP contribution in [0.15, 0.2) is 27.7 Å². The maximum atomic E-state index is 5.93. The van der Waals surface area contributed by atoms with E-state index in [2.05, 4.69) is 24.0 Å². The molecular weight excluding hydrogens is 258 g/mol. The van der Waals surface area contributed by atoms with Gasteiger partial charge in [-0.3, -0.25) is 4.99 Å². The lowest BCUT2D eigenvalue weighted by molar-refractivity contribution is -0.0983. The van der Waals surface area contributed by atoms with Crippen molar-refractivity contribution in [3.05, 3.63) is 22.8 Å². The number of amidine groups is 1. The second kappa shape index (κ2) is 4.87. The van der Waals surface area contributed by atoms with Gasteiger partial charge < -0.3 is 15.4 Å². The average molecular weight is 279 g/mol. The summed E-state index contributed by atoms with van der Waals surface area (Å²) in [5.74, 6) is 0. The van der Waals surface area contributed by atoms with Crippen LogP contribution in [-0.4, -0.2) is 41.9 Å². The molecule has 5 heteroatoms. The van der Waals surface area contributed by atoms with E-state index >= 15 is 0 Å². The van der Waals surface area contributed by atoms with Crippen molar-refractivity contribution in [1.29, 1.82) is 0 Å². The molecule has 2 heterocycles. The Labute approximate surface area is 118 Å². The van der Waals surface area contributed by atoms with Gasteiger partial charge in [0.2, 0.25) is 0 Å². The van der Waals surface area contributed by atoms with Crippen molar-refractivity contribution in [2.45, 2.75) is 37.8 Å². The molecule has 3 rings (SSSR count). The number of nitrogens with two attached hydrogens (primary N) is 1. The van der Waals surface area contributed by atoms with Crippen LogP contribution in [0.25, 0.3) is 0 Å². The molecule has 2 aliphatic heterocycles. The Kier molecular flexibility index (Phi) is 3.35. The van der Waals surface area contributed by atoms with Crippen LogP contribution in [0.1, 0.15) is 26.2 Å². The molecule has 1 unspecified atom stereocenters. The largest absolute Gasteiger partial charge is 0.399 e. The first kappa shape index (κ1) is 13.1. The molecule has 1 fully saturated rings. The fraction of sp³-hybridized carbons (Fsp3) is 0.643. The maximum absolute atomic E-state index is 5.93. The van der Waals surface area contributed by atoms with Crippen molar-refractivity contribution in [2.24, 2.45) is 10.7 Å². The van der Waals surface area contributed by atoms with Gasteiger partial charge in [-0.05, 0) is 23.8 Å². The monoisotopic (exact) mass is 279 g/mol. The van der Waals surface area contributed by atoms with Gasteiger partial charge >= 0.3 is 0 Å². The molecule has 1 atom stereocenters. The molecule has 0 saturated carbocycles. The Morgan fingerprint density at radius 3 is 3.05 bits per heavy atom. The molecule has 0 spiro atoms. The third-order valence-corrected chi connectivity index (χ3v) is 5.30. The van der Waals surface area contributed by atoms with Crippen LogP contribution in [0.2, 0.25) is 0 Å². The van der Waals surface area contributed by atoms with Gasteiger partial charge in [0.05, 0.1) is 19.1 Å². The number of hydrogen-bond donors (Lipinski definition) is 1. The van der Waals surface area contributed by atoms with E-state index in [1.54, 1.807) is 11.8 Å². The minimum Gasteiger partial charge on any atom is -0.399 e. The van der Waals surface area contributed by atoms with Gasteiger partial charge in [-0.25, -0.2) is 0 Å². The third kappa shape index (κ3) is 2.41. The van der Waals surface area contributed by atoms with Gasteiger partial charge in [-0.1, -0.05) is 24.8 Å². The van der Waals surface area contributed by atoms with E-state index in [4.69, 9.17) is 15.5 Å². The normalized spacial score (nSPS) is 28.8. The summed E-state index contributed by atoms with van der Waals surface area (Å²) in [6.45, 7) is 4.09. The number of allylic oxidation sites excluding steroid dienone is 1. The van der Waals surface area contributed by atoms with Crippen LogP contribution in [-0.2, 0) is 4.74 Å². The molecule has 4 nitrogen and oxygen atoms in total. The summed E-state index contributed by atoms with van der Waals surface area (Å²) in [5.41, 5.74) is 6.85. The number of rotatable bonds is 2. The van der Waals surface area contributed by atoms with E-state index in [9.17, 15) is 0 Å². The first-order valence-electron chi connectivity index (χ1n) is 6.86. The first-order valence-corrected chi connectivity index (χ1v) is 7.68. The highest BCUT2D eigenvalue weighted by Gasteiger charge is 2.44. The zero-order valence-electron chi connectivity index (χ0n) is 11.6. The Morgan fingerprint density at radius 2 is 2.37 bits per heavy atom. The topological polar surface area (TPSA) is 50.8 Å². The number of hydrogen-bond acceptors (Lipinski definition) is 5. The van der Waals surface area contributed by atoms with Crippen molar-refractivity contribution in [1.82, 2.24) is 4.90 Å². The molecule has 2 bridgehead atoms. The number of nitrogens with zero attached hydrogens (tertiary/aromatic N) is 2. The smallest absolute Gasteiger partial charge is 0.164 e. The fourth-order valence-corrected chi connectivity index (χ4v) is 3.95. The first-order chi connectivity index (χ1) is 9.14. The molecular formula is C14H21N3OS. The van der Waals surface area contributed by atoms with E-state index < -0.39 is 0 Å². The zero-order valence-corrected chi connectivity index (χ0v) is 12.4. The molecule has 0 amide bonds. The van der Waals surface area contributed by atoms with Gasteiger partial charge in [0.15, 0.2) is 5.17 Å². The lowest BCUT2D eigenvalue weighted by atomic mass is 9.91. The van der Waals surface area contributed by atoms with Crippen molar-refractivity contribution < 1.29 is 4.74 Å². The molecule has 1 aliphatic carbocycles. The Morgan fingerprint density at radius 1 is 1.58 bits per heavy atom. The van der Waals surface area contributed by atoms with Crippen LogP contribution >= 0.6 is 11.8 Å². The number of likely N-dealkylation sites (tertiary alicyclic amines) is 1. The van der Waals surface area contributed by atoms with Gasteiger partial charge in [0.1, 0.15) is 5.60 Å². The summed E-state index contributed by atoms with van der Waals surface area (Å²) in [4.78, 5) is 8.53. The highest BCUT2D eigenvalue weighted by Crippen LogP contribution is 2.38. The summed E-state index contributed by atoms with van der Waals surface area (Å²) < 4.78 is 5.63. The number of fused-ring (bicyclic) bond motifs is 2. The predicted octanol–water partition coefficient (Wildman–Crippen LogP) is 2.09. The Bertz CT molecular complexity index is 457. The van der Waals surface area contributed by atoms with Crippen molar-refractivity contribution in [3.63, 3.8) is 0 Å². The SMILES string of the molecule is CCC1(OC)CN(C2=NC3CC=C(N)C=C(C3)S2)C1. The van der Waals surface area contributed by atoms with E-state index in [1.165, 1.54) is 4.91 Å². The molecule has 0 aromatic carbocycles. The predicted molar refractivity (Wildman–Crippen MR) is 80.0 cm³/mol. The lowest BCUT2D eigenvalue weighted by Crippen LogP contribution is -2.63. The van der Waals surface area contributed by atoms with Crippen LogP contribution in [0, 0.1) is 0 Å². The second-order valence-electron chi connectivity index (χ2n) is 5.52. The van der Waals surface area contributed by atoms with E-state index in [-0.39, 0.29) is 5.60 Å². The molecule has 3 aliphatic rings. The Hall–Kier alpha value is -0.940. The number of ether oxygens (including phenoxy) is 1. The molecule has 19 heavy (non-hydrogen) atoms. The second-order valence-corrected chi connectivity index (χ2v) is 6.61. The summed E-state index contributed by atoms with van der Waals surface area (Å²) in [5, 5.41) is 1.15. The fourth-order valence-electron chi connectivity index (χ4n) is 2.79. The number of methoxy groups -OCH3 is 1. The van der Waals surface area contributed by atoms with Crippen LogP contribution in [0.5, 0.6) is 0 Å². The Balaban J connectivity index is 1.72.